The molecule has 1 rings (SSSR count). The van der Waals surface area contributed by atoms with Crippen LogP contribution in [0.15, 0.2) is 24.3 Å². The summed E-state index contributed by atoms with van der Waals surface area (Å²) in [4.78, 5) is 0. The lowest BCUT2D eigenvalue weighted by Gasteiger charge is -2.12. The summed E-state index contributed by atoms with van der Waals surface area (Å²) >= 11 is 6.04. The SMILES string of the molecule is C[C@@H](c1ccccc1Cl)[S@](=O)CCCC#N. The highest BCUT2D eigenvalue weighted by Gasteiger charge is 2.15. The summed E-state index contributed by atoms with van der Waals surface area (Å²) in [6.07, 6.45) is 1.14. The van der Waals surface area contributed by atoms with Gasteiger partial charge in [0.1, 0.15) is 0 Å². The number of halogens is 1. The van der Waals surface area contributed by atoms with Crippen LogP contribution in [0.4, 0.5) is 0 Å². The molecule has 0 aliphatic rings. The van der Waals surface area contributed by atoms with E-state index in [0.29, 0.717) is 23.6 Å². The smallest absolute Gasteiger partial charge is 0.0622 e. The first-order valence-electron chi connectivity index (χ1n) is 5.15. The summed E-state index contributed by atoms with van der Waals surface area (Å²) in [6.45, 7) is 1.91. The number of rotatable bonds is 5. The second-order valence-corrected chi connectivity index (χ2v) is 5.79. The summed E-state index contributed by atoms with van der Waals surface area (Å²) in [5.74, 6) is 0.556. The molecule has 0 spiro atoms. The van der Waals surface area contributed by atoms with E-state index in [1.807, 2.05) is 25.1 Å². The Labute approximate surface area is 104 Å². The van der Waals surface area contributed by atoms with Gasteiger partial charge in [-0.25, -0.2) is 0 Å². The molecule has 2 atom stereocenters. The van der Waals surface area contributed by atoms with E-state index < -0.39 is 10.8 Å². The first kappa shape index (κ1) is 13.2. The monoisotopic (exact) mass is 255 g/mol. The van der Waals surface area contributed by atoms with Crippen molar-refractivity contribution in [1.82, 2.24) is 0 Å². The fourth-order valence-electron chi connectivity index (χ4n) is 1.42. The van der Waals surface area contributed by atoms with Crippen LogP contribution in [-0.2, 0) is 10.8 Å². The van der Waals surface area contributed by atoms with E-state index in [1.165, 1.54) is 0 Å². The predicted molar refractivity (Wildman–Crippen MR) is 67.7 cm³/mol. The average molecular weight is 256 g/mol. The molecule has 86 valence electrons. The Hall–Kier alpha value is -0.850. The van der Waals surface area contributed by atoms with Crippen molar-refractivity contribution < 1.29 is 4.21 Å². The minimum Gasteiger partial charge on any atom is -0.259 e. The zero-order valence-electron chi connectivity index (χ0n) is 9.15. The van der Waals surface area contributed by atoms with Gasteiger partial charge < -0.3 is 0 Å². The van der Waals surface area contributed by atoms with E-state index >= 15 is 0 Å². The maximum atomic E-state index is 11.9. The molecule has 0 aliphatic carbocycles. The van der Waals surface area contributed by atoms with Crippen molar-refractivity contribution in [2.24, 2.45) is 0 Å². The van der Waals surface area contributed by atoms with Crippen LogP contribution in [0.3, 0.4) is 0 Å². The average Bonchev–Trinajstić information content (AvgIpc) is 2.29. The Morgan fingerprint density at radius 3 is 2.81 bits per heavy atom. The molecule has 16 heavy (non-hydrogen) atoms. The Kier molecular flexibility index (Phi) is 5.51. The molecule has 0 heterocycles. The quantitative estimate of drug-likeness (QED) is 0.756. The Bertz CT molecular complexity index is 414. The molecule has 0 unspecified atom stereocenters. The normalized spacial score (nSPS) is 14.1. The van der Waals surface area contributed by atoms with E-state index in [9.17, 15) is 4.21 Å². The van der Waals surface area contributed by atoms with Gasteiger partial charge in [-0.15, -0.1) is 0 Å². The molecule has 0 saturated carbocycles. The van der Waals surface area contributed by atoms with Crippen LogP contribution in [0.25, 0.3) is 0 Å². The van der Waals surface area contributed by atoms with Gasteiger partial charge in [0.05, 0.1) is 11.3 Å². The first-order chi connectivity index (χ1) is 7.66. The molecule has 0 N–H and O–H groups in total. The molecule has 0 aromatic heterocycles. The summed E-state index contributed by atoms with van der Waals surface area (Å²) in [5, 5.41) is 8.99. The molecule has 0 aliphatic heterocycles. The third-order valence-electron chi connectivity index (χ3n) is 2.37. The molecule has 0 amide bonds. The van der Waals surface area contributed by atoms with Crippen LogP contribution < -0.4 is 0 Å². The lowest BCUT2D eigenvalue weighted by atomic mass is 10.2. The molecule has 0 bridgehead atoms. The third kappa shape index (κ3) is 3.62. The molecular weight excluding hydrogens is 242 g/mol. The molecule has 0 fully saturated rings. The molecule has 2 nitrogen and oxygen atoms in total. The van der Waals surface area contributed by atoms with Gasteiger partial charge in [0.15, 0.2) is 0 Å². The lowest BCUT2D eigenvalue weighted by Crippen LogP contribution is -2.07. The Morgan fingerprint density at radius 2 is 2.19 bits per heavy atom. The number of nitriles is 1. The van der Waals surface area contributed by atoms with E-state index in [2.05, 4.69) is 6.07 Å². The van der Waals surface area contributed by atoms with Crippen molar-refractivity contribution in [2.75, 3.05) is 5.75 Å². The first-order valence-corrected chi connectivity index (χ1v) is 6.91. The molecule has 0 radical (unpaired) electrons. The fourth-order valence-corrected chi connectivity index (χ4v) is 3.05. The van der Waals surface area contributed by atoms with Crippen LogP contribution in [0.2, 0.25) is 5.02 Å². The Morgan fingerprint density at radius 1 is 1.50 bits per heavy atom. The maximum Gasteiger partial charge on any atom is 0.0622 e. The highest BCUT2D eigenvalue weighted by atomic mass is 35.5. The van der Waals surface area contributed by atoms with Crippen LogP contribution in [0, 0.1) is 11.3 Å². The van der Waals surface area contributed by atoms with E-state index in [0.717, 1.165) is 5.56 Å². The van der Waals surface area contributed by atoms with Crippen molar-refractivity contribution in [3.63, 3.8) is 0 Å². The van der Waals surface area contributed by atoms with Crippen LogP contribution in [-0.4, -0.2) is 9.96 Å². The molecule has 1 aromatic rings. The summed E-state index contributed by atoms with van der Waals surface area (Å²) in [6, 6.07) is 9.51. The number of hydrogen-bond donors (Lipinski definition) is 0. The standard InChI is InChI=1S/C12H14ClNOS/c1-10(16(15)9-5-4-8-14)11-6-2-3-7-12(11)13/h2-3,6-7,10H,4-5,9H2,1H3/t10-,16+/m0/s1. The van der Waals surface area contributed by atoms with E-state index in [1.54, 1.807) is 6.07 Å². The molecule has 4 heteroatoms. The van der Waals surface area contributed by atoms with Crippen molar-refractivity contribution >= 4 is 22.4 Å². The van der Waals surface area contributed by atoms with Crippen LogP contribution in [0.5, 0.6) is 0 Å². The zero-order chi connectivity index (χ0) is 12.0. The van der Waals surface area contributed by atoms with Crippen LogP contribution in [0.1, 0.15) is 30.6 Å². The highest BCUT2D eigenvalue weighted by Crippen LogP contribution is 2.26. The molecule has 0 saturated heterocycles. The maximum absolute atomic E-state index is 11.9. The van der Waals surface area contributed by atoms with Gasteiger partial charge in [-0.3, -0.25) is 4.21 Å². The predicted octanol–water partition coefficient (Wildman–Crippen LogP) is 3.45. The van der Waals surface area contributed by atoms with Gasteiger partial charge in [0, 0.05) is 28.0 Å². The number of benzene rings is 1. The van der Waals surface area contributed by atoms with Gasteiger partial charge >= 0.3 is 0 Å². The summed E-state index contributed by atoms with van der Waals surface area (Å²) in [5.41, 5.74) is 0.916. The molecular formula is C12H14ClNOS. The second kappa shape index (κ2) is 6.67. The van der Waals surface area contributed by atoms with Gasteiger partial charge in [0.2, 0.25) is 0 Å². The van der Waals surface area contributed by atoms with E-state index in [4.69, 9.17) is 16.9 Å². The van der Waals surface area contributed by atoms with Crippen molar-refractivity contribution in [3.8, 4) is 6.07 Å². The largest absolute Gasteiger partial charge is 0.259 e. The van der Waals surface area contributed by atoms with Gasteiger partial charge in [0.25, 0.3) is 0 Å². The van der Waals surface area contributed by atoms with Gasteiger partial charge in [-0.2, -0.15) is 5.26 Å². The number of nitrogens with zero attached hydrogens (tertiary/aromatic N) is 1. The minimum atomic E-state index is -0.963. The second-order valence-electron chi connectivity index (χ2n) is 3.51. The van der Waals surface area contributed by atoms with Gasteiger partial charge in [-0.05, 0) is 25.0 Å². The number of hydrogen-bond acceptors (Lipinski definition) is 2. The van der Waals surface area contributed by atoms with Crippen molar-refractivity contribution in [2.45, 2.75) is 25.0 Å². The van der Waals surface area contributed by atoms with Crippen molar-refractivity contribution in [3.05, 3.63) is 34.9 Å². The topological polar surface area (TPSA) is 40.9 Å². The van der Waals surface area contributed by atoms with Gasteiger partial charge in [-0.1, -0.05) is 29.8 Å². The van der Waals surface area contributed by atoms with Crippen molar-refractivity contribution in [1.29, 1.82) is 5.26 Å². The minimum absolute atomic E-state index is 0.0765. The van der Waals surface area contributed by atoms with E-state index in [-0.39, 0.29) is 5.25 Å². The third-order valence-corrected chi connectivity index (χ3v) is 4.45. The highest BCUT2D eigenvalue weighted by molar-refractivity contribution is 7.85. The number of unbranched alkanes of at least 4 members (excludes halogenated alkanes) is 1. The Balaban J connectivity index is 2.64. The zero-order valence-corrected chi connectivity index (χ0v) is 10.7. The summed E-state index contributed by atoms with van der Waals surface area (Å²) < 4.78 is 11.9. The van der Waals surface area contributed by atoms with Crippen LogP contribution >= 0.6 is 11.6 Å². The lowest BCUT2D eigenvalue weighted by molar-refractivity contribution is 0.673. The fraction of sp³-hybridized carbons (Fsp3) is 0.417. The molecule has 1 aromatic carbocycles. The summed E-state index contributed by atoms with van der Waals surface area (Å²) in [7, 11) is -0.963.